The lowest BCUT2D eigenvalue weighted by atomic mass is 10.0. The number of imidazole rings is 1. The van der Waals surface area contributed by atoms with Gasteiger partial charge in [0.15, 0.2) is 23.2 Å². The van der Waals surface area contributed by atoms with Gasteiger partial charge in [-0.2, -0.15) is 9.97 Å². The fraction of sp³-hybridized carbons (Fsp3) is 0.750. The molecule has 1 aliphatic heterocycles. The fourth-order valence-corrected chi connectivity index (χ4v) is 4.65. The van der Waals surface area contributed by atoms with Gasteiger partial charge in [0.1, 0.15) is 18.3 Å². The molecule has 166 valence electrons. The molecule has 3 fully saturated rings. The van der Waals surface area contributed by atoms with E-state index >= 15 is 0 Å². The molecule has 2 saturated carbocycles. The number of hydrogen-bond acceptors (Lipinski definition) is 9. The Morgan fingerprint density at radius 3 is 2.40 bits per heavy atom. The zero-order chi connectivity index (χ0) is 21.3. The molecule has 3 heterocycles. The number of hydrogen-bond donors (Lipinski definition) is 4. The fourth-order valence-electron chi connectivity index (χ4n) is 4.65. The van der Waals surface area contributed by atoms with Crippen molar-refractivity contribution in [1.29, 1.82) is 0 Å². The first-order valence-corrected chi connectivity index (χ1v) is 10.8. The summed E-state index contributed by atoms with van der Waals surface area (Å²) in [6.07, 6.45) is 5.72. The van der Waals surface area contributed by atoms with Crippen molar-refractivity contribution in [2.75, 3.05) is 18.9 Å². The molecule has 2 bridgehead atoms. The van der Waals surface area contributed by atoms with Crippen LogP contribution in [0.4, 0.5) is 5.82 Å². The molecule has 3 aliphatic rings. The van der Waals surface area contributed by atoms with Crippen LogP contribution in [0.15, 0.2) is 6.33 Å². The van der Waals surface area contributed by atoms with Crippen LogP contribution in [-0.2, 0) is 4.74 Å². The number of nitrogen functional groups attached to an aromatic ring is 1. The van der Waals surface area contributed by atoms with Gasteiger partial charge in [0.2, 0.25) is 0 Å². The normalized spacial score (nSPS) is 32.4. The average molecular weight is 421 g/mol. The summed E-state index contributed by atoms with van der Waals surface area (Å²) in [7, 11) is 0. The lowest BCUT2D eigenvalue weighted by Crippen LogP contribution is -2.33. The maximum Gasteiger partial charge on any atom is 0.320 e. The van der Waals surface area contributed by atoms with Gasteiger partial charge < -0.3 is 30.5 Å². The van der Waals surface area contributed by atoms with E-state index in [9.17, 15) is 15.3 Å². The molecular weight excluding hydrogens is 390 g/mol. The number of nitrogens with two attached hydrogens (primary N) is 1. The molecule has 4 atom stereocenters. The Bertz CT molecular complexity index is 843. The molecule has 2 aromatic rings. The van der Waals surface area contributed by atoms with Crippen molar-refractivity contribution in [3.8, 4) is 6.01 Å². The molecule has 30 heavy (non-hydrogen) atoms. The minimum absolute atomic E-state index is 0.102. The van der Waals surface area contributed by atoms with E-state index in [1.807, 2.05) is 6.92 Å². The van der Waals surface area contributed by atoms with Gasteiger partial charge in [-0.25, -0.2) is 4.98 Å². The molecule has 5 rings (SSSR count). The first-order chi connectivity index (χ1) is 14.5. The monoisotopic (exact) mass is 421 g/mol. The molecule has 2 aromatic heterocycles. The van der Waals surface area contributed by atoms with Crippen molar-refractivity contribution < 1.29 is 24.8 Å². The van der Waals surface area contributed by atoms with Gasteiger partial charge in [0.05, 0.1) is 19.5 Å². The number of rotatable bonds is 5. The minimum atomic E-state index is -1.24. The third-order valence-corrected chi connectivity index (χ3v) is 6.29. The number of fused-ring (bicyclic) bond motifs is 3. The number of ether oxygens (including phenoxy) is 2. The molecule has 0 amide bonds. The second-order valence-electron chi connectivity index (χ2n) is 8.42. The average Bonchev–Trinajstić information content (AvgIpc) is 3.53. The highest BCUT2D eigenvalue weighted by molar-refractivity contribution is 5.82. The van der Waals surface area contributed by atoms with Crippen molar-refractivity contribution in [2.24, 2.45) is 11.8 Å². The summed E-state index contributed by atoms with van der Waals surface area (Å²) in [6, 6.07) is 0.102. The highest BCUT2D eigenvalue weighted by Gasteiger charge is 2.44. The van der Waals surface area contributed by atoms with E-state index in [1.54, 1.807) is 32.1 Å². The van der Waals surface area contributed by atoms with Crippen LogP contribution < -0.4 is 10.5 Å². The van der Waals surface area contributed by atoms with Gasteiger partial charge in [-0.05, 0) is 24.7 Å². The van der Waals surface area contributed by atoms with Crippen LogP contribution in [0.5, 0.6) is 6.01 Å². The largest absolute Gasteiger partial charge is 0.463 e. The van der Waals surface area contributed by atoms with Crippen molar-refractivity contribution in [1.82, 2.24) is 19.5 Å². The summed E-state index contributed by atoms with van der Waals surface area (Å²) in [5.74, 6) is 2.49. The zero-order valence-corrected chi connectivity index (χ0v) is 17.2. The van der Waals surface area contributed by atoms with E-state index in [-0.39, 0.29) is 11.8 Å². The first-order valence-electron chi connectivity index (χ1n) is 10.8. The minimum Gasteiger partial charge on any atom is -0.463 e. The van der Waals surface area contributed by atoms with Gasteiger partial charge in [0.25, 0.3) is 0 Å². The van der Waals surface area contributed by atoms with Crippen molar-refractivity contribution >= 4 is 17.0 Å². The predicted molar refractivity (Wildman–Crippen MR) is 109 cm³/mol. The van der Waals surface area contributed by atoms with E-state index in [2.05, 4.69) is 15.0 Å². The standard InChI is InChI=1S/C13H19N5O5.C7H12/c1-2-3-22-13-16-10(14)7-11(17-13)18(5-15-7)12-9(21)8(20)6(4-19)23-12;1-2-7-4-3-6(1)5-7/h5-6,8-9,12,19-21H,2-4H2,1H3,(H2,14,16,17);6-7H,1-5H2/t6-,8-,9-,12-;/m1./s1. The van der Waals surface area contributed by atoms with E-state index < -0.39 is 31.1 Å². The molecule has 0 spiro atoms. The van der Waals surface area contributed by atoms with Crippen molar-refractivity contribution in [3.63, 3.8) is 0 Å². The van der Waals surface area contributed by atoms with Crippen LogP contribution in [0, 0.1) is 11.8 Å². The summed E-state index contributed by atoms with van der Waals surface area (Å²) in [6.45, 7) is 1.97. The summed E-state index contributed by atoms with van der Waals surface area (Å²) in [5.41, 5.74) is 6.51. The second kappa shape index (κ2) is 9.01. The molecule has 0 unspecified atom stereocenters. The maximum absolute atomic E-state index is 10.1. The SMILES string of the molecule is C1CC2CCC1C2.CCCOc1nc(N)c2ncn([C@@H]3O[C@H](CO)[C@@H](O)[C@H]3O)c2n1. The van der Waals surface area contributed by atoms with Crippen LogP contribution in [0.25, 0.3) is 11.2 Å². The van der Waals surface area contributed by atoms with Gasteiger partial charge in [-0.1, -0.05) is 32.6 Å². The quantitative estimate of drug-likeness (QED) is 0.555. The summed E-state index contributed by atoms with van der Waals surface area (Å²) in [5, 5.41) is 29.2. The van der Waals surface area contributed by atoms with Gasteiger partial charge in [-0.3, -0.25) is 4.57 Å². The first kappa shape index (κ1) is 21.2. The second-order valence-corrected chi connectivity index (χ2v) is 8.42. The Morgan fingerprint density at radius 1 is 1.17 bits per heavy atom. The third kappa shape index (κ3) is 4.09. The Morgan fingerprint density at radius 2 is 1.87 bits per heavy atom. The van der Waals surface area contributed by atoms with Crippen LogP contribution in [0.1, 0.15) is 51.7 Å². The maximum atomic E-state index is 10.1. The highest BCUT2D eigenvalue weighted by Crippen LogP contribution is 2.43. The molecule has 1 saturated heterocycles. The Kier molecular flexibility index (Phi) is 6.37. The highest BCUT2D eigenvalue weighted by atomic mass is 16.6. The topological polar surface area (TPSA) is 149 Å². The molecule has 2 aliphatic carbocycles. The van der Waals surface area contributed by atoms with Gasteiger partial charge in [-0.15, -0.1) is 0 Å². The third-order valence-electron chi connectivity index (χ3n) is 6.29. The predicted octanol–water partition coefficient (Wildman–Crippen LogP) is 1.01. The summed E-state index contributed by atoms with van der Waals surface area (Å²) in [4.78, 5) is 12.4. The van der Waals surface area contributed by atoms with Crippen molar-refractivity contribution in [2.45, 2.75) is 70.0 Å². The summed E-state index contributed by atoms with van der Waals surface area (Å²) < 4.78 is 12.3. The Hall–Kier alpha value is -2.01. The van der Waals surface area contributed by atoms with Crippen LogP contribution in [-0.4, -0.2) is 66.4 Å². The summed E-state index contributed by atoms with van der Waals surface area (Å²) >= 11 is 0. The lowest BCUT2D eigenvalue weighted by molar-refractivity contribution is -0.0511. The van der Waals surface area contributed by atoms with E-state index in [1.165, 1.54) is 22.7 Å². The molecule has 5 N–H and O–H groups in total. The van der Waals surface area contributed by atoms with Gasteiger partial charge in [0, 0.05) is 0 Å². The number of anilines is 1. The molecule has 10 nitrogen and oxygen atoms in total. The molecular formula is C20H31N5O5. The number of nitrogens with zero attached hydrogens (tertiary/aromatic N) is 4. The zero-order valence-electron chi connectivity index (χ0n) is 17.2. The van der Waals surface area contributed by atoms with E-state index in [4.69, 9.17) is 15.2 Å². The molecule has 10 heteroatoms. The van der Waals surface area contributed by atoms with E-state index in [0.717, 1.165) is 6.42 Å². The Balaban J connectivity index is 0.000000259. The Labute approximate surface area is 175 Å². The van der Waals surface area contributed by atoms with Crippen molar-refractivity contribution in [3.05, 3.63) is 6.33 Å². The van der Waals surface area contributed by atoms with Gasteiger partial charge >= 0.3 is 6.01 Å². The number of aliphatic hydroxyl groups is 3. The van der Waals surface area contributed by atoms with Crippen LogP contribution >= 0.6 is 0 Å². The van der Waals surface area contributed by atoms with E-state index in [0.29, 0.717) is 17.8 Å². The number of aromatic nitrogens is 4. The van der Waals surface area contributed by atoms with Crippen LogP contribution in [0.3, 0.4) is 0 Å². The number of aliphatic hydroxyl groups excluding tert-OH is 3. The van der Waals surface area contributed by atoms with Crippen LogP contribution in [0.2, 0.25) is 0 Å². The lowest BCUT2D eigenvalue weighted by Gasteiger charge is -2.16. The molecule has 0 aromatic carbocycles. The molecule has 0 radical (unpaired) electrons. The smallest absolute Gasteiger partial charge is 0.320 e.